The highest BCUT2D eigenvalue weighted by atomic mass is 16.4. The van der Waals surface area contributed by atoms with Crippen molar-refractivity contribution in [2.24, 2.45) is 5.73 Å². The molecule has 2 atom stereocenters. The third kappa shape index (κ3) is 2.20. The summed E-state index contributed by atoms with van der Waals surface area (Å²) in [5.74, 6) is -0.344. The largest absolute Gasteiger partial charge is 0.477 e. The van der Waals surface area contributed by atoms with Gasteiger partial charge in [0, 0.05) is 42.6 Å². The summed E-state index contributed by atoms with van der Waals surface area (Å²) in [4.78, 5) is 31.1. The molecule has 134 valence electrons. The van der Waals surface area contributed by atoms with Crippen LogP contribution >= 0.6 is 0 Å². The number of fused-ring (bicyclic) bond motifs is 5. The molecule has 0 spiro atoms. The Hall–Kier alpha value is -2.67. The van der Waals surface area contributed by atoms with Crippen LogP contribution in [0.4, 0.5) is 5.82 Å². The zero-order chi connectivity index (χ0) is 18.0. The fourth-order valence-corrected chi connectivity index (χ4v) is 4.31. The normalized spacial score (nSPS) is 24.4. The molecule has 5 rings (SSSR count). The molecule has 0 bridgehead atoms. The SMILES string of the molecule is N[C@H]1C[C@H]2CC=Cc3c(ncc4c(=O)c(C(=O)O)cn(C5CC5)c34)N2C1. The van der Waals surface area contributed by atoms with Gasteiger partial charge in [-0.3, -0.25) is 4.79 Å². The van der Waals surface area contributed by atoms with Crippen LogP contribution in [0.5, 0.6) is 0 Å². The lowest BCUT2D eigenvalue weighted by Gasteiger charge is -2.25. The van der Waals surface area contributed by atoms with Crippen molar-refractivity contribution in [3.05, 3.63) is 39.8 Å². The molecule has 1 saturated carbocycles. The molecular weight excluding hydrogens is 332 g/mol. The molecule has 2 aromatic heterocycles. The first-order valence-electron chi connectivity index (χ1n) is 9.04. The summed E-state index contributed by atoms with van der Waals surface area (Å²) in [5, 5.41) is 9.79. The van der Waals surface area contributed by atoms with Gasteiger partial charge in [0.25, 0.3) is 0 Å². The quantitative estimate of drug-likeness (QED) is 0.854. The van der Waals surface area contributed by atoms with Crippen LogP contribution in [-0.4, -0.2) is 39.3 Å². The predicted molar refractivity (Wildman–Crippen MR) is 98.6 cm³/mol. The van der Waals surface area contributed by atoms with Crippen LogP contribution in [-0.2, 0) is 0 Å². The topological polar surface area (TPSA) is 101 Å². The van der Waals surface area contributed by atoms with Crippen molar-refractivity contribution >= 4 is 28.8 Å². The summed E-state index contributed by atoms with van der Waals surface area (Å²) >= 11 is 0. The van der Waals surface area contributed by atoms with Gasteiger partial charge < -0.3 is 20.3 Å². The van der Waals surface area contributed by atoms with Crippen molar-refractivity contribution in [1.82, 2.24) is 9.55 Å². The van der Waals surface area contributed by atoms with Gasteiger partial charge in [-0.1, -0.05) is 12.2 Å². The molecule has 26 heavy (non-hydrogen) atoms. The third-order valence-electron chi connectivity index (χ3n) is 5.66. The second-order valence-corrected chi connectivity index (χ2v) is 7.51. The number of hydrogen-bond donors (Lipinski definition) is 2. The summed E-state index contributed by atoms with van der Waals surface area (Å²) in [5.41, 5.74) is 7.21. The van der Waals surface area contributed by atoms with Gasteiger partial charge in [-0.05, 0) is 25.7 Å². The molecule has 1 aliphatic carbocycles. The van der Waals surface area contributed by atoms with Crippen molar-refractivity contribution in [2.45, 2.75) is 43.8 Å². The lowest BCUT2D eigenvalue weighted by atomic mass is 10.1. The van der Waals surface area contributed by atoms with E-state index in [1.165, 1.54) is 6.20 Å². The third-order valence-corrected chi connectivity index (χ3v) is 5.66. The second kappa shape index (κ2) is 5.41. The van der Waals surface area contributed by atoms with Gasteiger partial charge in [-0.25, -0.2) is 9.78 Å². The maximum absolute atomic E-state index is 12.7. The minimum Gasteiger partial charge on any atom is -0.477 e. The van der Waals surface area contributed by atoms with Gasteiger partial charge in [-0.15, -0.1) is 0 Å². The molecule has 4 heterocycles. The minimum absolute atomic E-state index is 0.122. The second-order valence-electron chi connectivity index (χ2n) is 7.51. The van der Waals surface area contributed by atoms with E-state index in [0.717, 1.165) is 49.1 Å². The van der Waals surface area contributed by atoms with Crippen LogP contribution in [0.15, 0.2) is 23.3 Å². The number of nitrogens with two attached hydrogens (primary N) is 1. The van der Waals surface area contributed by atoms with E-state index in [4.69, 9.17) is 5.73 Å². The standard InChI is InChI=1S/C19H20N4O3/c20-10-6-12-2-1-3-13-16-14(7-21-18(13)23(12)8-10)17(24)15(19(25)26)9-22(16)11-4-5-11/h1,3,7,9-12H,2,4-6,8,20H2,(H,25,26)/t10-,12+/m0/s1. The number of carbonyl (C=O) groups is 1. The summed E-state index contributed by atoms with van der Waals surface area (Å²) in [6.07, 6.45) is 11.0. The predicted octanol–water partition coefficient (Wildman–Crippen LogP) is 1.75. The molecule has 2 aromatic rings. The van der Waals surface area contributed by atoms with Crippen molar-refractivity contribution in [2.75, 3.05) is 11.4 Å². The number of aromatic carboxylic acids is 1. The van der Waals surface area contributed by atoms with E-state index in [-0.39, 0.29) is 17.6 Å². The number of aromatic nitrogens is 2. The average molecular weight is 352 g/mol. The van der Waals surface area contributed by atoms with Crippen molar-refractivity contribution in [3.63, 3.8) is 0 Å². The molecule has 3 N–H and O–H groups in total. The number of carboxylic acids is 1. The van der Waals surface area contributed by atoms with Gasteiger partial charge >= 0.3 is 5.97 Å². The van der Waals surface area contributed by atoms with Crippen molar-refractivity contribution in [1.29, 1.82) is 0 Å². The molecule has 0 aromatic carbocycles. The van der Waals surface area contributed by atoms with Crippen molar-refractivity contribution in [3.8, 4) is 0 Å². The lowest BCUT2D eigenvalue weighted by Crippen LogP contribution is -2.31. The van der Waals surface area contributed by atoms with Crippen LogP contribution in [0.1, 0.15) is 47.6 Å². The number of carboxylic acid groups (broad SMARTS) is 1. The highest BCUT2D eigenvalue weighted by Crippen LogP contribution is 2.41. The minimum atomic E-state index is -1.19. The Morgan fingerprint density at radius 1 is 1.31 bits per heavy atom. The van der Waals surface area contributed by atoms with E-state index in [2.05, 4.69) is 16.0 Å². The van der Waals surface area contributed by atoms with Gasteiger partial charge in [0.15, 0.2) is 0 Å². The number of pyridine rings is 2. The first kappa shape index (κ1) is 15.6. The fraction of sp³-hybridized carbons (Fsp3) is 0.421. The maximum Gasteiger partial charge on any atom is 0.341 e. The van der Waals surface area contributed by atoms with Crippen LogP contribution in [0.2, 0.25) is 0 Å². The zero-order valence-corrected chi connectivity index (χ0v) is 14.3. The van der Waals surface area contributed by atoms with Gasteiger partial charge in [0.2, 0.25) is 5.43 Å². The number of nitrogens with zero attached hydrogens (tertiary/aromatic N) is 3. The first-order chi connectivity index (χ1) is 12.5. The molecule has 7 nitrogen and oxygen atoms in total. The van der Waals surface area contributed by atoms with Gasteiger partial charge in [0.1, 0.15) is 11.4 Å². The molecule has 0 radical (unpaired) electrons. The average Bonchev–Trinajstić information content (AvgIpc) is 3.40. The van der Waals surface area contributed by atoms with Crippen LogP contribution in [0, 0.1) is 0 Å². The van der Waals surface area contributed by atoms with E-state index in [1.54, 1.807) is 6.20 Å². The van der Waals surface area contributed by atoms with E-state index < -0.39 is 11.4 Å². The van der Waals surface area contributed by atoms with Gasteiger partial charge in [0.05, 0.1) is 10.9 Å². The first-order valence-corrected chi connectivity index (χ1v) is 9.04. The Balaban J connectivity index is 1.83. The Morgan fingerprint density at radius 2 is 2.12 bits per heavy atom. The highest BCUT2D eigenvalue weighted by Gasteiger charge is 2.35. The lowest BCUT2D eigenvalue weighted by molar-refractivity contribution is 0.0695. The van der Waals surface area contributed by atoms with Crippen LogP contribution in [0.25, 0.3) is 17.0 Å². The van der Waals surface area contributed by atoms with Crippen molar-refractivity contribution < 1.29 is 9.90 Å². The van der Waals surface area contributed by atoms with Gasteiger partial charge in [-0.2, -0.15) is 0 Å². The molecule has 7 heteroatoms. The molecule has 3 aliphatic rings. The number of hydrogen-bond acceptors (Lipinski definition) is 5. The van der Waals surface area contributed by atoms with Crippen LogP contribution < -0.4 is 16.1 Å². The smallest absolute Gasteiger partial charge is 0.341 e. The number of anilines is 1. The monoisotopic (exact) mass is 352 g/mol. The summed E-state index contributed by atoms with van der Waals surface area (Å²) in [6, 6.07) is 0.694. The van der Waals surface area contributed by atoms with E-state index >= 15 is 0 Å². The van der Waals surface area contributed by atoms with E-state index in [0.29, 0.717) is 11.4 Å². The Morgan fingerprint density at radius 3 is 2.85 bits per heavy atom. The van der Waals surface area contributed by atoms with E-state index in [1.807, 2.05) is 10.6 Å². The highest BCUT2D eigenvalue weighted by molar-refractivity contribution is 5.97. The zero-order valence-electron chi connectivity index (χ0n) is 14.3. The molecule has 1 saturated heterocycles. The molecule has 0 amide bonds. The molecule has 0 unspecified atom stereocenters. The maximum atomic E-state index is 12.7. The Kier molecular flexibility index (Phi) is 3.24. The summed E-state index contributed by atoms with van der Waals surface area (Å²) in [6.45, 7) is 0.749. The molecular formula is C19H20N4O3. The fourth-order valence-electron chi connectivity index (χ4n) is 4.31. The Labute approximate surface area is 149 Å². The molecule has 2 aliphatic heterocycles. The molecule has 2 fully saturated rings. The summed E-state index contributed by atoms with van der Waals surface area (Å²) < 4.78 is 1.97. The summed E-state index contributed by atoms with van der Waals surface area (Å²) in [7, 11) is 0. The van der Waals surface area contributed by atoms with E-state index in [9.17, 15) is 14.7 Å². The Bertz CT molecular complexity index is 1020. The van der Waals surface area contributed by atoms with Crippen LogP contribution in [0.3, 0.4) is 0 Å². The number of rotatable bonds is 2.